The van der Waals surface area contributed by atoms with Gasteiger partial charge in [-0.2, -0.15) is 0 Å². The number of halogens is 1. The average Bonchev–Trinajstić information content (AvgIpc) is 2.69. The van der Waals surface area contributed by atoms with Gasteiger partial charge in [-0.15, -0.1) is 22.9 Å². The van der Waals surface area contributed by atoms with Gasteiger partial charge in [-0.3, -0.25) is 0 Å². The summed E-state index contributed by atoms with van der Waals surface area (Å²) in [6.07, 6.45) is 1.00. The fourth-order valence-corrected chi connectivity index (χ4v) is 3.08. The molecule has 1 nitrogen and oxygen atoms in total. The molecule has 0 saturated heterocycles. The van der Waals surface area contributed by atoms with Crippen molar-refractivity contribution in [2.75, 3.05) is 23.6 Å². The number of rotatable bonds is 4. The third-order valence-electron chi connectivity index (χ3n) is 1.61. The topological polar surface area (TPSA) is 3.24 Å². The van der Waals surface area contributed by atoms with Crippen LogP contribution in [-0.4, -0.2) is 23.0 Å². The van der Waals surface area contributed by atoms with Crippen molar-refractivity contribution in [3.8, 4) is 0 Å². The number of anilines is 1. The van der Waals surface area contributed by atoms with Crippen molar-refractivity contribution in [1.82, 2.24) is 0 Å². The third kappa shape index (κ3) is 3.77. The standard InChI is InChI=1S/C9H12ClNS3/c1-11(8-4-2-6-13-8)9(12)14-7-3-5-10/h2,4,6H,3,5,7H2,1H3. The van der Waals surface area contributed by atoms with E-state index in [-0.39, 0.29) is 0 Å². The Labute approximate surface area is 103 Å². The number of nitrogens with zero attached hydrogens (tertiary/aromatic N) is 1. The first-order valence-electron chi connectivity index (χ1n) is 4.25. The molecule has 0 spiro atoms. The predicted octanol–water partition coefficient (Wildman–Crippen LogP) is 3.83. The highest BCUT2D eigenvalue weighted by atomic mass is 35.5. The molecule has 0 atom stereocenters. The minimum Gasteiger partial charge on any atom is -0.322 e. The van der Waals surface area contributed by atoms with E-state index in [2.05, 4.69) is 11.4 Å². The number of hydrogen-bond donors (Lipinski definition) is 0. The molecule has 0 amide bonds. The van der Waals surface area contributed by atoms with Crippen molar-refractivity contribution in [3.05, 3.63) is 17.5 Å². The zero-order chi connectivity index (χ0) is 10.4. The Bertz CT molecular complexity index is 274. The summed E-state index contributed by atoms with van der Waals surface area (Å²) in [5, 5.41) is 3.24. The van der Waals surface area contributed by atoms with Crippen molar-refractivity contribution in [2.45, 2.75) is 6.42 Å². The second kappa shape index (κ2) is 6.67. The van der Waals surface area contributed by atoms with E-state index >= 15 is 0 Å². The molecule has 0 saturated carbocycles. The molecule has 0 aliphatic carbocycles. The maximum absolute atomic E-state index is 5.60. The second-order valence-corrected chi connectivity index (χ2v) is 5.70. The zero-order valence-electron chi connectivity index (χ0n) is 7.90. The predicted molar refractivity (Wildman–Crippen MR) is 73.1 cm³/mol. The van der Waals surface area contributed by atoms with Crippen molar-refractivity contribution < 1.29 is 0 Å². The Morgan fingerprint density at radius 2 is 2.50 bits per heavy atom. The van der Waals surface area contributed by atoms with Gasteiger partial charge in [0.15, 0.2) is 0 Å². The summed E-state index contributed by atoms with van der Waals surface area (Å²) in [7, 11) is 2.00. The van der Waals surface area contributed by atoms with Crippen molar-refractivity contribution in [1.29, 1.82) is 0 Å². The molecule has 0 bridgehead atoms. The van der Waals surface area contributed by atoms with Crippen LogP contribution >= 0.6 is 46.9 Å². The van der Waals surface area contributed by atoms with E-state index in [1.807, 2.05) is 18.0 Å². The van der Waals surface area contributed by atoms with Crippen molar-refractivity contribution >= 4 is 56.2 Å². The van der Waals surface area contributed by atoms with Gasteiger partial charge in [0.2, 0.25) is 0 Å². The van der Waals surface area contributed by atoms with Gasteiger partial charge in [-0.1, -0.05) is 24.0 Å². The van der Waals surface area contributed by atoms with Crippen LogP contribution in [0.15, 0.2) is 17.5 Å². The summed E-state index contributed by atoms with van der Waals surface area (Å²) < 4.78 is 0.914. The quantitative estimate of drug-likeness (QED) is 0.463. The first-order chi connectivity index (χ1) is 6.75. The minimum atomic E-state index is 0.707. The lowest BCUT2D eigenvalue weighted by Crippen LogP contribution is -2.20. The van der Waals surface area contributed by atoms with Crippen molar-refractivity contribution in [2.24, 2.45) is 0 Å². The molecule has 1 heterocycles. The van der Waals surface area contributed by atoms with Crippen LogP contribution in [0.25, 0.3) is 0 Å². The lowest BCUT2D eigenvalue weighted by molar-refractivity contribution is 1.12. The van der Waals surface area contributed by atoms with Crippen LogP contribution in [0.2, 0.25) is 0 Å². The third-order valence-corrected chi connectivity index (χ3v) is 4.47. The smallest absolute Gasteiger partial charge is 0.141 e. The van der Waals surface area contributed by atoms with E-state index < -0.39 is 0 Å². The molecule has 1 aromatic heterocycles. The zero-order valence-corrected chi connectivity index (χ0v) is 11.1. The highest BCUT2D eigenvalue weighted by Gasteiger charge is 2.07. The van der Waals surface area contributed by atoms with Gasteiger partial charge < -0.3 is 4.90 Å². The molecule has 0 N–H and O–H groups in total. The number of hydrogen-bond acceptors (Lipinski definition) is 3. The maximum atomic E-state index is 5.60. The SMILES string of the molecule is CN(C(=S)SCCCCl)c1cccs1. The van der Waals surface area contributed by atoms with E-state index in [1.54, 1.807) is 23.1 Å². The fraction of sp³-hybridized carbons (Fsp3) is 0.444. The van der Waals surface area contributed by atoms with E-state index in [0.29, 0.717) is 5.88 Å². The number of thiocarbonyl (C=S) groups is 1. The summed E-state index contributed by atoms with van der Waals surface area (Å²) in [6.45, 7) is 0. The highest BCUT2D eigenvalue weighted by molar-refractivity contribution is 8.23. The Balaban J connectivity index is 2.37. The molecular formula is C9H12ClNS3. The summed E-state index contributed by atoms with van der Waals surface area (Å²) in [5.74, 6) is 1.70. The molecule has 0 unspecified atom stereocenters. The van der Waals surface area contributed by atoms with E-state index in [9.17, 15) is 0 Å². The highest BCUT2D eigenvalue weighted by Crippen LogP contribution is 2.23. The van der Waals surface area contributed by atoms with Crippen LogP contribution in [0.3, 0.4) is 0 Å². The Kier molecular flexibility index (Phi) is 5.86. The Morgan fingerprint density at radius 3 is 3.07 bits per heavy atom. The van der Waals surface area contributed by atoms with Crippen LogP contribution in [-0.2, 0) is 0 Å². The molecule has 0 aromatic carbocycles. The lowest BCUT2D eigenvalue weighted by atomic mass is 10.6. The van der Waals surface area contributed by atoms with Gasteiger partial charge in [0, 0.05) is 18.7 Å². The van der Waals surface area contributed by atoms with Crippen LogP contribution < -0.4 is 4.90 Å². The summed E-state index contributed by atoms with van der Waals surface area (Å²) >= 11 is 14.3. The minimum absolute atomic E-state index is 0.707. The molecule has 1 rings (SSSR count). The number of thioether (sulfide) groups is 1. The molecule has 0 fully saturated rings. The molecular weight excluding hydrogens is 254 g/mol. The first kappa shape index (κ1) is 12.3. The van der Waals surface area contributed by atoms with Gasteiger partial charge in [0.1, 0.15) is 4.32 Å². The summed E-state index contributed by atoms with van der Waals surface area (Å²) in [5.41, 5.74) is 0. The number of thiophene rings is 1. The molecule has 0 radical (unpaired) electrons. The first-order valence-corrected chi connectivity index (χ1v) is 7.06. The summed E-state index contributed by atoms with van der Waals surface area (Å²) in [6, 6.07) is 4.10. The van der Waals surface area contributed by atoms with E-state index in [0.717, 1.165) is 16.5 Å². The lowest BCUT2D eigenvalue weighted by Gasteiger charge is -2.16. The molecule has 0 aliphatic rings. The largest absolute Gasteiger partial charge is 0.322 e. The Hall–Kier alpha value is 0.230. The van der Waals surface area contributed by atoms with Crippen molar-refractivity contribution in [3.63, 3.8) is 0 Å². The molecule has 5 heteroatoms. The maximum Gasteiger partial charge on any atom is 0.141 e. The molecule has 1 aromatic rings. The fourth-order valence-electron chi connectivity index (χ4n) is 0.862. The van der Waals surface area contributed by atoms with Crippen LogP contribution in [0.5, 0.6) is 0 Å². The summed E-state index contributed by atoms with van der Waals surface area (Å²) in [4.78, 5) is 2.04. The van der Waals surface area contributed by atoms with Gasteiger partial charge >= 0.3 is 0 Å². The molecule has 14 heavy (non-hydrogen) atoms. The monoisotopic (exact) mass is 265 g/mol. The van der Waals surface area contributed by atoms with E-state index in [4.69, 9.17) is 23.8 Å². The van der Waals surface area contributed by atoms with E-state index in [1.165, 1.54) is 5.00 Å². The van der Waals surface area contributed by atoms with Crippen LogP contribution in [0.1, 0.15) is 6.42 Å². The second-order valence-electron chi connectivity index (χ2n) is 2.67. The van der Waals surface area contributed by atoms with Crippen LogP contribution in [0, 0.1) is 0 Å². The van der Waals surface area contributed by atoms with Gasteiger partial charge in [-0.05, 0) is 23.9 Å². The Morgan fingerprint density at radius 1 is 1.71 bits per heavy atom. The van der Waals surface area contributed by atoms with Gasteiger partial charge in [0.05, 0.1) is 5.00 Å². The average molecular weight is 266 g/mol. The normalized spacial score (nSPS) is 10.1. The number of alkyl halides is 1. The van der Waals surface area contributed by atoms with Crippen LogP contribution in [0.4, 0.5) is 5.00 Å². The molecule has 0 aliphatic heterocycles. The van der Waals surface area contributed by atoms with Gasteiger partial charge in [-0.25, -0.2) is 0 Å². The molecule has 78 valence electrons. The van der Waals surface area contributed by atoms with Gasteiger partial charge in [0.25, 0.3) is 0 Å².